The molecule has 1 heterocycles. The summed E-state index contributed by atoms with van der Waals surface area (Å²) in [7, 11) is 0. The molecule has 1 aromatic rings. The van der Waals surface area contributed by atoms with E-state index in [4.69, 9.17) is 15.2 Å². The van der Waals surface area contributed by atoms with Gasteiger partial charge in [-0.2, -0.15) is 0 Å². The summed E-state index contributed by atoms with van der Waals surface area (Å²) in [6.45, 7) is 4.41. The summed E-state index contributed by atoms with van der Waals surface area (Å²) >= 11 is 0. The van der Waals surface area contributed by atoms with Gasteiger partial charge in [0.05, 0.1) is 37.0 Å². The van der Waals surface area contributed by atoms with Crippen LogP contribution < -0.4 is 5.73 Å². The van der Waals surface area contributed by atoms with E-state index >= 15 is 0 Å². The minimum absolute atomic E-state index is 0.0213. The Labute approximate surface area is 170 Å². The zero-order chi connectivity index (χ0) is 21.0. The highest BCUT2D eigenvalue weighted by molar-refractivity contribution is 6.12. The Morgan fingerprint density at radius 2 is 2.07 bits per heavy atom. The SMILES string of the molecule is CCOC(=O)C1=C(COCCN)N=C2CCC(C)C(=O)C2C1c1ccccc1F. The van der Waals surface area contributed by atoms with E-state index in [2.05, 4.69) is 4.99 Å². The molecule has 1 aliphatic carbocycles. The normalized spacial score (nSPS) is 24.2. The van der Waals surface area contributed by atoms with Gasteiger partial charge in [0.15, 0.2) is 0 Å². The fraction of sp³-hybridized carbons (Fsp3) is 0.500. The number of nitrogens with two attached hydrogens (primary N) is 1. The molecule has 0 amide bonds. The minimum Gasteiger partial charge on any atom is -0.463 e. The third-order valence-electron chi connectivity index (χ3n) is 5.46. The average Bonchev–Trinajstić information content (AvgIpc) is 2.71. The van der Waals surface area contributed by atoms with Gasteiger partial charge >= 0.3 is 5.97 Å². The zero-order valence-electron chi connectivity index (χ0n) is 16.8. The Balaban J connectivity index is 2.18. The molecular weight excluding hydrogens is 375 g/mol. The van der Waals surface area contributed by atoms with E-state index in [0.717, 1.165) is 0 Å². The minimum atomic E-state index is -0.783. The number of benzene rings is 1. The van der Waals surface area contributed by atoms with Crippen molar-refractivity contribution in [3.63, 3.8) is 0 Å². The number of aliphatic imine (C=N–C) groups is 1. The second-order valence-corrected chi connectivity index (χ2v) is 7.34. The molecule has 0 radical (unpaired) electrons. The van der Waals surface area contributed by atoms with Gasteiger partial charge in [-0.15, -0.1) is 0 Å². The van der Waals surface area contributed by atoms with Gasteiger partial charge in [-0.3, -0.25) is 9.79 Å². The molecule has 7 heteroatoms. The molecular formula is C22H27FN2O4. The van der Waals surface area contributed by atoms with E-state index in [1.54, 1.807) is 25.1 Å². The highest BCUT2D eigenvalue weighted by atomic mass is 19.1. The molecule has 2 aliphatic rings. The van der Waals surface area contributed by atoms with Gasteiger partial charge in [-0.1, -0.05) is 25.1 Å². The molecule has 3 unspecified atom stereocenters. The van der Waals surface area contributed by atoms with Crippen molar-refractivity contribution in [3.05, 3.63) is 46.9 Å². The molecule has 29 heavy (non-hydrogen) atoms. The maximum absolute atomic E-state index is 14.8. The van der Waals surface area contributed by atoms with Crippen LogP contribution in [0.15, 0.2) is 40.5 Å². The van der Waals surface area contributed by atoms with Crippen LogP contribution in [0.3, 0.4) is 0 Å². The Kier molecular flexibility index (Phi) is 6.92. The summed E-state index contributed by atoms with van der Waals surface area (Å²) in [5.41, 5.74) is 7.07. The van der Waals surface area contributed by atoms with Crippen molar-refractivity contribution in [1.29, 1.82) is 0 Å². The van der Waals surface area contributed by atoms with Gasteiger partial charge in [0.1, 0.15) is 11.6 Å². The van der Waals surface area contributed by atoms with Crippen molar-refractivity contribution in [2.75, 3.05) is 26.4 Å². The first-order chi connectivity index (χ1) is 14.0. The van der Waals surface area contributed by atoms with Crippen LogP contribution in [0.4, 0.5) is 4.39 Å². The van der Waals surface area contributed by atoms with Crippen LogP contribution in [-0.2, 0) is 19.1 Å². The van der Waals surface area contributed by atoms with Crippen molar-refractivity contribution in [2.45, 2.75) is 32.6 Å². The fourth-order valence-corrected chi connectivity index (χ4v) is 4.07. The first-order valence-electron chi connectivity index (χ1n) is 10.0. The summed E-state index contributed by atoms with van der Waals surface area (Å²) in [6, 6.07) is 6.24. The molecule has 2 N–H and O–H groups in total. The Bertz CT molecular complexity index is 849. The highest BCUT2D eigenvalue weighted by Crippen LogP contribution is 2.45. The summed E-state index contributed by atoms with van der Waals surface area (Å²) in [5, 5.41) is 0. The lowest BCUT2D eigenvalue weighted by Crippen LogP contribution is -2.43. The van der Waals surface area contributed by atoms with Gasteiger partial charge in [0, 0.05) is 24.1 Å². The van der Waals surface area contributed by atoms with Crippen LogP contribution in [0.5, 0.6) is 0 Å². The molecule has 0 saturated heterocycles. The zero-order valence-corrected chi connectivity index (χ0v) is 16.8. The van der Waals surface area contributed by atoms with Crippen molar-refractivity contribution in [1.82, 2.24) is 0 Å². The van der Waals surface area contributed by atoms with E-state index in [0.29, 0.717) is 43.0 Å². The molecule has 3 rings (SSSR count). The molecule has 0 aromatic heterocycles. The summed E-state index contributed by atoms with van der Waals surface area (Å²) in [4.78, 5) is 30.7. The fourth-order valence-electron chi connectivity index (χ4n) is 4.07. The summed E-state index contributed by atoms with van der Waals surface area (Å²) < 4.78 is 25.7. The molecule has 6 nitrogen and oxygen atoms in total. The number of nitrogens with zero attached hydrogens (tertiary/aromatic N) is 1. The second-order valence-electron chi connectivity index (χ2n) is 7.34. The number of carbonyl (C=O) groups is 2. The standard InChI is InChI=1S/C22H27FN2O4/c1-3-29-22(27)20-17(12-28-11-10-24)25-16-9-8-13(2)21(26)19(16)18(20)14-6-4-5-7-15(14)23/h4-7,13,18-19H,3,8-12,24H2,1-2H3. The lowest BCUT2D eigenvalue weighted by Gasteiger charge is -2.38. The number of hydrogen-bond donors (Lipinski definition) is 1. The summed E-state index contributed by atoms with van der Waals surface area (Å²) in [5.74, 6) is -2.71. The Morgan fingerprint density at radius 3 is 2.76 bits per heavy atom. The van der Waals surface area contributed by atoms with Crippen molar-refractivity contribution in [3.8, 4) is 0 Å². The van der Waals surface area contributed by atoms with Crippen molar-refractivity contribution < 1.29 is 23.5 Å². The topological polar surface area (TPSA) is 91.0 Å². The van der Waals surface area contributed by atoms with Gasteiger partial charge in [-0.05, 0) is 31.4 Å². The largest absolute Gasteiger partial charge is 0.463 e. The number of ether oxygens (including phenoxy) is 2. The monoisotopic (exact) mass is 402 g/mol. The van der Waals surface area contributed by atoms with Crippen LogP contribution in [0.1, 0.15) is 38.2 Å². The highest BCUT2D eigenvalue weighted by Gasteiger charge is 2.47. The Hall–Kier alpha value is -2.38. The lowest BCUT2D eigenvalue weighted by atomic mass is 9.67. The van der Waals surface area contributed by atoms with Crippen LogP contribution in [0.25, 0.3) is 0 Å². The van der Waals surface area contributed by atoms with Crippen LogP contribution in [-0.4, -0.2) is 43.8 Å². The van der Waals surface area contributed by atoms with E-state index in [-0.39, 0.29) is 30.5 Å². The third kappa shape index (κ3) is 4.31. The molecule has 1 aliphatic heterocycles. The molecule has 0 spiro atoms. The first kappa shape index (κ1) is 21.3. The molecule has 0 bridgehead atoms. The van der Waals surface area contributed by atoms with Crippen LogP contribution in [0.2, 0.25) is 0 Å². The van der Waals surface area contributed by atoms with Gasteiger partial charge in [0.25, 0.3) is 0 Å². The number of rotatable bonds is 7. The number of esters is 1. The van der Waals surface area contributed by atoms with Crippen molar-refractivity contribution in [2.24, 2.45) is 22.6 Å². The van der Waals surface area contributed by atoms with Gasteiger partial charge in [0.2, 0.25) is 0 Å². The van der Waals surface area contributed by atoms with Gasteiger partial charge < -0.3 is 15.2 Å². The van der Waals surface area contributed by atoms with Crippen LogP contribution >= 0.6 is 0 Å². The average molecular weight is 402 g/mol. The van der Waals surface area contributed by atoms with E-state index in [1.807, 2.05) is 6.92 Å². The van der Waals surface area contributed by atoms with Crippen molar-refractivity contribution >= 4 is 17.5 Å². The number of carbonyl (C=O) groups excluding carboxylic acids is 2. The predicted molar refractivity (Wildman–Crippen MR) is 107 cm³/mol. The third-order valence-corrected chi connectivity index (χ3v) is 5.46. The number of ketones is 1. The number of halogens is 1. The van der Waals surface area contributed by atoms with Crippen LogP contribution in [0, 0.1) is 17.7 Å². The molecule has 1 saturated carbocycles. The maximum atomic E-state index is 14.8. The Morgan fingerprint density at radius 1 is 1.31 bits per heavy atom. The van der Waals surface area contributed by atoms with Gasteiger partial charge in [-0.25, -0.2) is 9.18 Å². The van der Waals surface area contributed by atoms with E-state index < -0.39 is 23.6 Å². The predicted octanol–water partition coefficient (Wildman–Crippen LogP) is 2.77. The maximum Gasteiger partial charge on any atom is 0.336 e. The second kappa shape index (κ2) is 9.41. The smallest absolute Gasteiger partial charge is 0.336 e. The quantitative estimate of drug-likeness (QED) is 0.559. The molecule has 156 valence electrons. The first-order valence-corrected chi connectivity index (χ1v) is 10.0. The number of hydrogen-bond acceptors (Lipinski definition) is 6. The number of Topliss-reactive ketones (excluding diaryl/α,β-unsaturated/α-hetero) is 1. The van der Waals surface area contributed by atoms with E-state index in [9.17, 15) is 14.0 Å². The number of fused-ring (bicyclic) bond motifs is 1. The molecule has 1 aromatic carbocycles. The summed E-state index contributed by atoms with van der Waals surface area (Å²) in [6.07, 6.45) is 1.31. The lowest BCUT2D eigenvalue weighted by molar-refractivity contribution is -0.139. The van der Waals surface area contributed by atoms with E-state index in [1.165, 1.54) is 6.07 Å². The molecule has 1 fully saturated rings. The molecule has 3 atom stereocenters.